The molecule has 1 aromatic carbocycles. The van der Waals surface area contributed by atoms with Gasteiger partial charge in [-0.15, -0.1) is 0 Å². The zero-order valence-corrected chi connectivity index (χ0v) is 17.4. The average molecular weight is 407 g/mol. The largest absolute Gasteiger partial charge is 0.345 e. The lowest BCUT2D eigenvalue weighted by molar-refractivity contribution is -0.134. The average Bonchev–Trinajstić information content (AvgIpc) is 2.67. The van der Waals surface area contributed by atoms with Gasteiger partial charge in [-0.1, -0.05) is 13.0 Å². The molecule has 0 spiro atoms. The Bertz CT molecular complexity index is 764. The first-order valence-corrected chi connectivity index (χ1v) is 9.70. The van der Waals surface area contributed by atoms with Crippen molar-refractivity contribution in [2.75, 3.05) is 38.5 Å². The van der Waals surface area contributed by atoms with Gasteiger partial charge in [0.15, 0.2) is 0 Å². The monoisotopic (exact) mass is 407 g/mol. The van der Waals surface area contributed by atoms with E-state index in [4.69, 9.17) is 5.73 Å². The van der Waals surface area contributed by atoms with Crippen molar-refractivity contribution in [3.8, 4) is 0 Å². The van der Waals surface area contributed by atoms with E-state index in [0.717, 1.165) is 13.1 Å². The molecule has 1 saturated heterocycles. The predicted octanol–water partition coefficient (Wildman–Crippen LogP) is 0.494. The molecule has 8 nitrogen and oxygen atoms in total. The van der Waals surface area contributed by atoms with Crippen molar-refractivity contribution in [3.05, 3.63) is 29.6 Å². The fourth-order valence-corrected chi connectivity index (χ4v) is 3.19. The SMILES string of the molecule is CC(=O)NC(C)C(=O)Nc1ccc([C@H](C)[C@@H](N)C(=O)N2CCN(C)CC2)cc1F. The van der Waals surface area contributed by atoms with Gasteiger partial charge in [-0.25, -0.2) is 4.39 Å². The number of nitrogens with two attached hydrogens (primary N) is 1. The molecule has 3 atom stereocenters. The number of anilines is 1. The highest BCUT2D eigenvalue weighted by Gasteiger charge is 2.29. The van der Waals surface area contributed by atoms with Crippen LogP contribution in [0.5, 0.6) is 0 Å². The van der Waals surface area contributed by atoms with Crippen LogP contribution in [-0.2, 0) is 14.4 Å². The molecule has 1 aromatic rings. The standard InChI is InChI=1S/C20H30FN5O3/c1-12(18(22)20(29)26-9-7-25(4)8-10-26)15-5-6-17(16(21)11-15)24-19(28)13(2)23-14(3)27/h5-6,11-13,18H,7-10,22H2,1-4H3,(H,23,27)(H,24,28)/t12-,13?,18+/m0/s1. The van der Waals surface area contributed by atoms with Gasteiger partial charge < -0.3 is 26.2 Å². The van der Waals surface area contributed by atoms with Crippen LogP contribution in [0.25, 0.3) is 0 Å². The highest BCUT2D eigenvalue weighted by molar-refractivity contribution is 5.96. The van der Waals surface area contributed by atoms with E-state index in [2.05, 4.69) is 15.5 Å². The normalized spacial score (nSPS) is 17.9. The quantitative estimate of drug-likeness (QED) is 0.636. The maximum Gasteiger partial charge on any atom is 0.246 e. The summed E-state index contributed by atoms with van der Waals surface area (Å²) in [7, 11) is 2.00. The topological polar surface area (TPSA) is 108 Å². The van der Waals surface area contributed by atoms with Gasteiger partial charge >= 0.3 is 0 Å². The molecule has 3 amide bonds. The van der Waals surface area contributed by atoms with Crippen LogP contribution in [0, 0.1) is 5.82 Å². The fourth-order valence-electron chi connectivity index (χ4n) is 3.19. The number of likely N-dealkylation sites (N-methyl/N-ethyl adjacent to an activating group) is 1. The van der Waals surface area contributed by atoms with E-state index in [0.29, 0.717) is 18.7 Å². The van der Waals surface area contributed by atoms with Crippen LogP contribution < -0.4 is 16.4 Å². The van der Waals surface area contributed by atoms with Crippen molar-refractivity contribution in [2.45, 2.75) is 38.8 Å². The maximum absolute atomic E-state index is 14.5. The van der Waals surface area contributed by atoms with Crippen LogP contribution in [0.4, 0.5) is 10.1 Å². The number of hydrogen-bond donors (Lipinski definition) is 3. The Hall–Kier alpha value is -2.52. The molecule has 2 rings (SSSR count). The van der Waals surface area contributed by atoms with Gasteiger partial charge in [0.25, 0.3) is 0 Å². The molecule has 1 unspecified atom stereocenters. The third-order valence-corrected chi connectivity index (χ3v) is 5.23. The number of carbonyl (C=O) groups excluding carboxylic acids is 3. The molecule has 1 aliphatic rings. The maximum atomic E-state index is 14.5. The number of piperazine rings is 1. The summed E-state index contributed by atoms with van der Waals surface area (Å²) in [6.07, 6.45) is 0. The van der Waals surface area contributed by atoms with Gasteiger partial charge in [0.1, 0.15) is 11.9 Å². The molecule has 0 aliphatic carbocycles. The zero-order valence-electron chi connectivity index (χ0n) is 17.4. The first-order valence-electron chi connectivity index (χ1n) is 9.70. The van der Waals surface area contributed by atoms with Gasteiger partial charge in [0.05, 0.1) is 11.7 Å². The second-order valence-corrected chi connectivity index (χ2v) is 7.59. The minimum absolute atomic E-state index is 0.00196. The number of hydrogen-bond acceptors (Lipinski definition) is 5. The molecule has 1 aliphatic heterocycles. The van der Waals surface area contributed by atoms with E-state index >= 15 is 0 Å². The molecule has 9 heteroatoms. The van der Waals surface area contributed by atoms with Crippen molar-refractivity contribution in [3.63, 3.8) is 0 Å². The molecule has 0 radical (unpaired) electrons. The van der Waals surface area contributed by atoms with Crippen LogP contribution in [0.2, 0.25) is 0 Å². The highest BCUT2D eigenvalue weighted by Crippen LogP contribution is 2.24. The number of amides is 3. The molecule has 0 bridgehead atoms. The molecule has 0 saturated carbocycles. The fraction of sp³-hybridized carbons (Fsp3) is 0.550. The number of nitrogens with one attached hydrogen (secondary N) is 2. The molecule has 0 aromatic heterocycles. The van der Waals surface area contributed by atoms with Crippen LogP contribution in [0.15, 0.2) is 18.2 Å². The number of rotatable bonds is 6. The first kappa shape index (κ1) is 22.8. The minimum Gasteiger partial charge on any atom is -0.345 e. The van der Waals surface area contributed by atoms with Gasteiger partial charge in [-0.05, 0) is 31.7 Å². The Morgan fingerprint density at radius 3 is 2.31 bits per heavy atom. The van der Waals surface area contributed by atoms with Crippen molar-refractivity contribution in [1.29, 1.82) is 0 Å². The Kier molecular flexibility index (Phi) is 7.69. The lowest BCUT2D eigenvalue weighted by Crippen LogP contribution is -2.53. The van der Waals surface area contributed by atoms with Crippen LogP contribution in [0.3, 0.4) is 0 Å². The van der Waals surface area contributed by atoms with E-state index in [9.17, 15) is 18.8 Å². The van der Waals surface area contributed by atoms with Crippen molar-refractivity contribution in [1.82, 2.24) is 15.1 Å². The van der Waals surface area contributed by atoms with E-state index in [1.807, 2.05) is 7.05 Å². The molecule has 29 heavy (non-hydrogen) atoms. The highest BCUT2D eigenvalue weighted by atomic mass is 19.1. The number of nitrogens with zero attached hydrogens (tertiary/aromatic N) is 2. The minimum atomic E-state index is -0.792. The van der Waals surface area contributed by atoms with E-state index < -0.39 is 23.8 Å². The zero-order chi connectivity index (χ0) is 21.7. The summed E-state index contributed by atoms with van der Waals surface area (Å²) in [5, 5.41) is 4.89. The van der Waals surface area contributed by atoms with Gasteiger partial charge in [-0.2, -0.15) is 0 Å². The lowest BCUT2D eigenvalue weighted by atomic mass is 9.92. The summed E-state index contributed by atoms with van der Waals surface area (Å²) in [6.45, 7) is 7.44. The third-order valence-electron chi connectivity index (χ3n) is 5.23. The molecule has 1 fully saturated rings. The van der Waals surface area contributed by atoms with Crippen molar-refractivity contribution in [2.24, 2.45) is 5.73 Å². The summed E-state index contributed by atoms with van der Waals surface area (Å²) in [4.78, 5) is 39.7. The molecule has 1 heterocycles. The predicted molar refractivity (Wildman–Crippen MR) is 109 cm³/mol. The van der Waals surface area contributed by atoms with Crippen LogP contribution in [-0.4, -0.2) is 72.8 Å². The number of halogens is 1. The van der Waals surface area contributed by atoms with Crippen molar-refractivity contribution >= 4 is 23.4 Å². The number of benzene rings is 1. The summed E-state index contributed by atoms with van der Waals surface area (Å²) in [6, 6.07) is 2.79. The Labute approximate surface area is 170 Å². The van der Waals surface area contributed by atoms with E-state index in [1.165, 1.54) is 26.0 Å². The molecular formula is C20H30FN5O3. The Morgan fingerprint density at radius 2 is 1.76 bits per heavy atom. The molecule has 4 N–H and O–H groups in total. The van der Waals surface area contributed by atoms with Crippen LogP contribution >= 0.6 is 0 Å². The second kappa shape index (κ2) is 9.80. The summed E-state index contributed by atoms with van der Waals surface area (Å²) in [5.74, 6) is -2.04. The van der Waals surface area contributed by atoms with E-state index in [-0.39, 0.29) is 23.4 Å². The van der Waals surface area contributed by atoms with Gasteiger partial charge in [0, 0.05) is 39.0 Å². The molecular weight excluding hydrogens is 377 g/mol. The lowest BCUT2D eigenvalue weighted by Gasteiger charge is -2.35. The van der Waals surface area contributed by atoms with Crippen molar-refractivity contribution < 1.29 is 18.8 Å². The van der Waals surface area contributed by atoms with E-state index in [1.54, 1.807) is 17.9 Å². The second-order valence-electron chi connectivity index (χ2n) is 7.59. The molecule has 160 valence electrons. The Morgan fingerprint density at radius 1 is 1.14 bits per heavy atom. The van der Waals surface area contributed by atoms with Gasteiger partial charge in [-0.3, -0.25) is 14.4 Å². The first-order chi connectivity index (χ1) is 13.6. The number of carbonyl (C=O) groups is 3. The summed E-state index contributed by atoms with van der Waals surface area (Å²) >= 11 is 0. The summed E-state index contributed by atoms with van der Waals surface area (Å²) < 4.78 is 14.5. The smallest absolute Gasteiger partial charge is 0.246 e. The Balaban J connectivity index is 2.03. The summed E-state index contributed by atoms with van der Waals surface area (Å²) in [5.41, 5.74) is 6.75. The van der Waals surface area contributed by atoms with Crippen LogP contribution in [0.1, 0.15) is 32.3 Å². The van der Waals surface area contributed by atoms with Gasteiger partial charge in [0.2, 0.25) is 17.7 Å². The third kappa shape index (κ3) is 5.98.